The van der Waals surface area contributed by atoms with Crippen LogP contribution in [0.4, 0.5) is 0 Å². The van der Waals surface area contributed by atoms with Crippen LogP contribution < -0.4 is 0 Å². The van der Waals surface area contributed by atoms with Crippen LogP contribution >= 0.6 is 0 Å². The van der Waals surface area contributed by atoms with Gasteiger partial charge in [-0.15, -0.1) is 0 Å². The van der Waals surface area contributed by atoms with E-state index in [9.17, 15) is 10.1 Å². The van der Waals surface area contributed by atoms with Crippen LogP contribution in [0, 0.1) is 17.0 Å². The number of aromatic amines is 1. The third-order valence-corrected chi connectivity index (χ3v) is 3.89. The molecule has 0 saturated heterocycles. The van der Waals surface area contributed by atoms with Crippen molar-refractivity contribution >= 4 is 10.9 Å². The number of hydrogen-bond acceptors (Lipinski definition) is 2. The number of fused-ring (bicyclic) bond motifs is 1. The molecule has 1 N–H and O–H groups in total. The minimum absolute atomic E-state index is 0.104. The van der Waals surface area contributed by atoms with Gasteiger partial charge in [-0.2, -0.15) is 0 Å². The van der Waals surface area contributed by atoms with Gasteiger partial charge in [0.1, 0.15) is 0 Å². The minimum Gasteiger partial charge on any atom is -0.361 e. The van der Waals surface area contributed by atoms with E-state index < -0.39 is 0 Å². The highest BCUT2D eigenvalue weighted by molar-refractivity contribution is 5.84. The number of nitro groups is 1. The van der Waals surface area contributed by atoms with Crippen molar-refractivity contribution in [2.45, 2.75) is 12.8 Å². The standard InChI is InChI=1S/C17H16N2O2/c1-12-6-2-3-7-13(12)16(11-19(20)21)15-10-18-17-9-5-4-8-14(15)17/h2-10,16,18H,11H2,1H3. The van der Waals surface area contributed by atoms with Gasteiger partial charge in [-0.05, 0) is 29.7 Å². The first-order valence-electron chi connectivity index (χ1n) is 6.90. The van der Waals surface area contributed by atoms with Crippen molar-refractivity contribution < 1.29 is 4.92 Å². The van der Waals surface area contributed by atoms with Crippen molar-refractivity contribution in [2.75, 3.05) is 6.54 Å². The highest BCUT2D eigenvalue weighted by atomic mass is 16.6. The van der Waals surface area contributed by atoms with E-state index in [4.69, 9.17) is 0 Å². The van der Waals surface area contributed by atoms with Crippen LogP contribution in [0.25, 0.3) is 10.9 Å². The molecule has 106 valence electrons. The van der Waals surface area contributed by atoms with Crippen molar-refractivity contribution in [2.24, 2.45) is 0 Å². The van der Waals surface area contributed by atoms with E-state index in [1.54, 1.807) is 0 Å². The maximum Gasteiger partial charge on any atom is 0.214 e. The zero-order valence-corrected chi connectivity index (χ0v) is 11.7. The highest BCUT2D eigenvalue weighted by Gasteiger charge is 2.24. The van der Waals surface area contributed by atoms with Gasteiger partial charge >= 0.3 is 0 Å². The molecule has 0 aliphatic heterocycles. The molecule has 1 unspecified atom stereocenters. The second kappa shape index (κ2) is 5.40. The summed E-state index contributed by atoms with van der Waals surface area (Å²) in [5.74, 6) is -0.239. The number of aryl methyl sites for hydroxylation is 1. The van der Waals surface area contributed by atoms with Crippen LogP contribution in [-0.4, -0.2) is 16.5 Å². The van der Waals surface area contributed by atoms with Gasteiger partial charge in [-0.3, -0.25) is 10.1 Å². The summed E-state index contributed by atoms with van der Waals surface area (Å²) >= 11 is 0. The molecule has 0 aliphatic carbocycles. The van der Waals surface area contributed by atoms with Gasteiger partial charge < -0.3 is 4.98 Å². The molecule has 0 spiro atoms. The second-order valence-corrected chi connectivity index (χ2v) is 5.21. The Balaban J connectivity index is 2.16. The SMILES string of the molecule is Cc1ccccc1C(C[N+](=O)[O-])c1c[nH]c2ccccc12. The van der Waals surface area contributed by atoms with E-state index in [2.05, 4.69) is 4.98 Å². The zero-order valence-electron chi connectivity index (χ0n) is 11.7. The first kappa shape index (κ1) is 13.4. The molecule has 4 nitrogen and oxygen atoms in total. The number of aromatic nitrogens is 1. The van der Waals surface area contributed by atoms with Gasteiger partial charge in [0.05, 0.1) is 5.92 Å². The van der Waals surface area contributed by atoms with Gasteiger partial charge in [-0.1, -0.05) is 42.5 Å². The van der Waals surface area contributed by atoms with E-state index in [1.165, 1.54) is 0 Å². The highest BCUT2D eigenvalue weighted by Crippen LogP contribution is 2.32. The molecule has 1 aromatic heterocycles. The molecule has 0 saturated carbocycles. The topological polar surface area (TPSA) is 58.9 Å². The first-order valence-corrected chi connectivity index (χ1v) is 6.90. The van der Waals surface area contributed by atoms with Crippen LogP contribution in [0.3, 0.4) is 0 Å². The fourth-order valence-corrected chi connectivity index (χ4v) is 2.87. The summed E-state index contributed by atoms with van der Waals surface area (Å²) in [6, 6.07) is 15.8. The summed E-state index contributed by atoms with van der Waals surface area (Å²) in [7, 11) is 0. The van der Waals surface area contributed by atoms with E-state index >= 15 is 0 Å². The van der Waals surface area contributed by atoms with E-state index in [0.29, 0.717) is 0 Å². The molecule has 3 rings (SSSR count). The number of hydrogen-bond donors (Lipinski definition) is 1. The Morgan fingerprint density at radius 1 is 1.10 bits per heavy atom. The monoisotopic (exact) mass is 280 g/mol. The Hall–Kier alpha value is -2.62. The maximum absolute atomic E-state index is 11.1. The predicted octanol–water partition coefficient (Wildman–Crippen LogP) is 3.88. The summed E-state index contributed by atoms with van der Waals surface area (Å²) in [4.78, 5) is 14.1. The number of nitrogens with one attached hydrogen (secondary N) is 1. The number of nitrogens with zero attached hydrogens (tertiary/aromatic N) is 1. The Morgan fingerprint density at radius 3 is 2.57 bits per heavy atom. The van der Waals surface area contributed by atoms with Gasteiger partial charge in [0.25, 0.3) is 0 Å². The van der Waals surface area contributed by atoms with Crippen molar-refractivity contribution in [3.63, 3.8) is 0 Å². The second-order valence-electron chi connectivity index (χ2n) is 5.21. The Kier molecular flexibility index (Phi) is 3.44. The van der Waals surface area contributed by atoms with Crippen LogP contribution in [0.2, 0.25) is 0 Å². The van der Waals surface area contributed by atoms with Crippen LogP contribution in [0.5, 0.6) is 0 Å². The Morgan fingerprint density at radius 2 is 1.81 bits per heavy atom. The van der Waals surface area contributed by atoms with Crippen LogP contribution in [-0.2, 0) is 0 Å². The average Bonchev–Trinajstić information content (AvgIpc) is 2.89. The van der Waals surface area contributed by atoms with Gasteiger partial charge in [0.15, 0.2) is 0 Å². The smallest absolute Gasteiger partial charge is 0.214 e. The average molecular weight is 280 g/mol. The number of H-pyrrole nitrogens is 1. The number of rotatable bonds is 4. The third kappa shape index (κ3) is 2.52. The fourth-order valence-electron chi connectivity index (χ4n) is 2.87. The van der Waals surface area contributed by atoms with Gasteiger partial charge in [0.2, 0.25) is 6.54 Å². The molecule has 21 heavy (non-hydrogen) atoms. The lowest BCUT2D eigenvalue weighted by atomic mass is 9.88. The van der Waals surface area contributed by atoms with E-state index in [1.807, 2.05) is 61.7 Å². The van der Waals surface area contributed by atoms with Crippen LogP contribution in [0.1, 0.15) is 22.6 Å². The Bertz CT molecular complexity index is 792. The summed E-state index contributed by atoms with van der Waals surface area (Å²) in [5.41, 5.74) is 4.08. The lowest BCUT2D eigenvalue weighted by Crippen LogP contribution is -2.14. The number of benzene rings is 2. The fraction of sp³-hybridized carbons (Fsp3) is 0.176. The predicted molar refractivity (Wildman–Crippen MR) is 83.2 cm³/mol. The van der Waals surface area contributed by atoms with Crippen molar-refractivity contribution in [1.29, 1.82) is 0 Å². The van der Waals surface area contributed by atoms with Crippen LogP contribution in [0.15, 0.2) is 54.7 Å². The quantitative estimate of drug-likeness (QED) is 0.582. The van der Waals surface area contributed by atoms with Crippen molar-refractivity contribution in [1.82, 2.24) is 4.98 Å². The summed E-state index contributed by atoms with van der Waals surface area (Å²) in [6.07, 6.45) is 1.89. The molecule has 1 heterocycles. The Labute approximate surface area is 122 Å². The largest absolute Gasteiger partial charge is 0.361 e. The summed E-state index contributed by atoms with van der Waals surface area (Å²) in [6.45, 7) is 1.89. The van der Waals surface area contributed by atoms with Crippen molar-refractivity contribution in [3.05, 3.63) is 81.5 Å². The lowest BCUT2D eigenvalue weighted by molar-refractivity contribution is -0.481. The molecule has 0 radical (unpaired) electrons. The minimum atomic E-state index is -0.239. The molecule has 0 amide bonds. The van der Waals surface area contributed by atoms with Gasteiger partial charge in [-0.25, -0.2) is 0 Å². The summed E-state index contributed by atoms with van der Waals surface area (Å²) in [5, 5.41) is 12.2. The number of para-hydroxylation sites is 1. The molecular formula is C17H16N2O2. The lowest BCUT2D eigenvalue weighted by Gasteiger charge is -2.15. The molecule has 2 aromatic carbocycles. The molecule has 3 aromatic rings. The molecular weight excluding hydrogens is 264 g/mol. The molecule has 4 heteroatoms. The summed E-state index contributed by atoms with van der Waals surface area (Å²) < 4.78 is 0. The molecule has 0 fully saturated rings. The molecule has 0 aliphatic rings. The van der Waals surface area contributed by atoms with E-state index in [-0.39, 0.29) is 17.4 Å². The zero-order chi connectivity index (χ0) is 14.8. The first-order chi connectivity index (χ1) is 10.2. The van der Waals surface area contributed by atoms with Crippen molar-refractivity contribution in [3.8, 4) is 0 Å². The third-order valence-electron chi connectivity index (χ3n) is 3.89. The van der Waals surface area contributed by atoms with E-state index in [0.717, 1.165) is 27.6 Å². The maximum atomic E-state index is 11.1. The normalized spacial score (nSPS) is 12.4. The van der Waals surface area contributed by atoms with Gasteiger partial charge in [0, 0.05) is 22.0 Å². The molecule has 0 bridgehead atoms. The molecule has 1 atom stereocenters.